The van der Waals surface area contributed by atoms with E-state index in [0.29, 0.717) is 17.4 Å². The smallest absolute Gasteiger partial charge is 0.306 e. The Hall–Kier alpha value is -2.81. The summed E-state index contributed by atoms with van der Waals surface area (Å²) in [6, 6.07) is 0. The number of hydrogen-bond donors (Lipinski definition) is 0. The number of carbonyl (C=O) groups is 2. The molecule has 0 aliphatic rings. The van der Waals surface area contributed by atoms with Crippen molar-refractivity contribution in [1.29, 1.82) is 0 Å². The fraction of sp³-hybridized carbons (Fsp3) is 0.729. The SMILES string of the molecule is CC/C=C\C/C=C\C/C=C\C/C=C\C/C=C\C/C=C\C/C=C\CCCCCCCCCCCCCC(=O)OC(COC(=O)CCCCCCCCCCCCCC)COP(=O)([O-])OCC[N+](C)(C)C. The van der Waals surface area contributed by atoms with E-state index in [4.69, 9.17) is 18.5 Å². The summed E-state index contributed by atoms with van der Waals surface area (Å²) in [4.78, 5) is 37.7. The van der Waals surface area contributed by atoms with Crippen LogP contribution in [0.3, 0.4) is 0 Å². The Morgan fingerprint density at radius 3 is 1.23 bits per heavy atom. The monoisotopic (exact) mass is 986 g/mol. The molecule has 10 heteroatoms. The maximum Gasteiger partial charge on any atom is 0.306 e. The number of hydrogen-bond acceptors (Lipinski definition) is 8. The van der Waals surface area contributed by atoms with Gasteiger partial charge >= 0.3 is 11.9 Å². The number of allylic oxidation sites excluding steroid dienone is 14. The molecular formula is C59H104NO8P. The number of rotatable bonds is 50. The largest absolute Gasteiger partial charge is 0.756 e. The average molecular weight is 986 g/mol. The molecule has 0 heterocycles. The summed E-state index contributed by atoms with van der Waals surface area (Å²) in [7, 11) is 1.16. The molecule has 9 nitrogen and oxygen atoms in total. The van der Waals surface area contributed by atoms with E-state index < -0.39 is 26.5 Å². The van der Waals surface area contributed by atoms with Crippen molar-refractivity contribution in [2.24, 2.45) is 0 Å². The fourth-order valence-corrected chi connectivity index (χ4v) is 8.13. The first-order chi connectivity index (χ1) is 33.5. The normalized spacial score (nSPS) is 14.0. The Morgan fingerprint density at radius 2 is 0.826 bits per heavy atom. The predicted octanol–water partition coefficient (Wildman–Crippen LogP) is 16.5. The topological polar surface area (TPSA) is 111 Å². The van der Waals surface area contributed by atoms with Gasteiger partial charge in [-0.3, -0.25) is 14.2 Å². The highest BCUT2D eigenvalue weighted by Gasteiger charge is 2.21. The van der Waals surface area contributed by atoms with Crippen LogP contribution in [0.2, 0.25) is 0 Å². The molecule has 2 unspecified atom stereocenters. The molecule has 0 spiro atoms. The molecule has 0 aliphatic heterocycles. The van der Waals surface area contributed by atoms with Crippen molar-refractivity contribution in [3.05, 3.63) is 85.1 Å². The minimum absolute atomic E-state index is 0.0332. The first-order valence-electron chi connectivity index (χ1n) is 27.8. The minimum atomic E-state index is -4.63. The van der Waals surface area contributed by atoms with Crippen LogP contribution < -0.4 is 4.89 Å². The van der Waals surface area contributed by atoms with Gasteiger partial charge in [-0.05, 0) is 70.6 Å². The van der Waals surface area contributed by atoms with Crippen LogP contribution in [0.15, 0.2) is 85.1 Å². The van der Waals surface area contributed by atoms with E-state index in [1.54, 1.807) is 0 Å². The number of phosphoric ester groups is 1. The molecule has 0 saturated carbocycles. The van der Waals surface area contributed by atoms with E-state index in [9.17, 15) is 19.0 Å². The van der Waals surface area contributed by atoms with E-state index in [0.717, 1.165) is 89.9 Å². The first kappa shape index (κ1) is 66.2. The molecule has 69 heavy (non-hydrogen) atoms. The highest BCUT2D eigenvalue weighted by molar-refractivity contribution is 7.45. The van der Waals surface area contributed by atoms with Crippen LogP contribution in [-0.2, 0) is 32.7 Å². The van der Waals surface area contributed by atoms with Crippen LogP contribution in [0, 0.1) is 0 Å². The molecule has 0 fully saturated rings. The second-order valence-corrected chi connectivity index (χ2v) is 21.0. The number of quaternary nitrogens is 1. The summed E-state index contributed by atoms with van der Waals surface area (Å²) in [6.45, 7) is 4.11. The van der Waals surface area contributed by atoms with Crippen LogP contribution in [0.4, 0.5) is 0 Å². The number of carbonyl (C=O) groups excluding carboxylic acids is 2. The van der Waals surface area contributed by atoms with Gasteiger partial charge in [-0.15, -0.1) is 0 Å². The highest BCUT2D eigenvalue weighted by atomic mass is 31.2. The van der Waals surface area contributed by atoms with Crippen LogP contribution in [0.5, 0.6) is 0 Å². The van der Waals surface area contributed by atoms with Gasteiger partial charge in [0.1, 0.15) is 19.8 Å². The van der Waals surface area contributed by atoms with E-state index in [1.165, 1.54) is 103 Å². The van der Waals surface area contributed by atoms with E-state index in [2.05, 4.69) is 98.9 Å². The molecule has 0 radical (unpaired) electrons. The third-order valence-electron chi connectivity index (χ3n) is 11.7. The second kappa shape index (κ2) is 50.1. The Morgan fingerprint density at radius 1 is 0.464 bits per heavy atom. The van der Waals surface area contributed by atoms with Crippen LogP contribution in [0.1, 0.15) is 226 Å². The van der Waals surface area contributed by atoms with E-state index in [-0.39, 0.29) is 32.0 Å². The van der Waals surface area contributed by atoms with Gasteiger partial charge in [-0.25, -0.2) is 0 Å². The number of likely N-dealkylation sites (N-methyl/N-ethyl adjacent to an activating group) is 1. The van der Waals surface area contributed by atoms with Crippen molar-refractivity contribution in [3.63, 3.8) is 0 Å². The summed E-state index contributed by atoms with van der Waals surface area (Å²) in [5, 5.41) is 0. The second-order valence-electron chi connectivity index (χ2n) is 19.6. The van der Waals surface area contributed by atoms with Gasteiger partial charge < -0.3 is 27.9 Å². The molecule has 0 aromatic rings. The molecule has 0 bridgehead atoms. The van der Waals surface area contributed by atoms with Gasteiger partial charge in [0.25, 0.3) is 7.82 Å². The molecule has 0 rings (SSSR count). The van der Waals surface area contributed by atoms with Gasteiger partial charge in [-0.2, -0.15) is 0 Å². The molecule has 398 valence electrons. The summed E-state index contributed by atoms with van der Waals surface area (Å²) in [5.74, 6) is -0.836. The molecule has 0 aliphatic carbocycles. The molecule has 0 saturated heterocycles. The number of nitrogens with zero attached hydrogens (tertiary/aromatic N) is 1. The van der Waals surface area contributed by atoms with Gasteiger partial charge in [0.2, 0.25) is 0 Å². The van der Waals surface area contributed by atoms with Gasteiger partial charge in [0, 0.05) is 12.8 Å². The third kappa shape index (κ3) is 54.4. The summed E-state index contributed by atoms with van der Waals surface area (Å²) < 4.78 is 34.0. The quantitative estimate of drug-likeness (QED) is 0.0195. The molecule has 0 amide bonds. The zero-order valence-electron chi connectivity index (χ0n) is 45.0. The lowest BCUT2D eigenvalue weighted by molar-refractivity contribution is -0.870. The Bertz CT molecular complexity index is 1440. The average Bonchev–Trinajstić information content (AvgIpc) is 3.31. The lowest BCUT2D eigenvalue weighted by Gasteiger charge is -2.28. The van der Waals surface area contributed by atoms with Crippen LogP contribution >= 0.6 is 7.82 Å². The van der Waals surface area contributed by atoms with Crippen molar-refractivity contribution in [1.82, 2.24) is 0 Å². The molecule has 0 aromatic heterocycles. The maximum atomic E-state index is 12.8. The van der Waals surface area contributed by atoms with Crippen LogP contribution in [0.25, 0.3) is 0 Å². The number of phosphoric acid groups is 1. The van der Waals surface area contributed by atoms with E-state index >= 15 is 0 Å². The van der Waals surface area contributed by atoms with E-state index in [1.807, 2.05) is 21.1 Å². The lowest BCUT2D eigenvalue weighted by atomic mass is 10.0. The standard InChI is InChI=1S/C59H104NO8P/c1-6-8-10-12-14-16-18-20-21-22-23-24-25-26-27-28-29-30-31-32-33-34-35-36-37-38-39-40-42-44-46-48-50-52-59(62)68-57(56-67-69(63,64)66-54-53-60(3,4)5)55-65-58(61)51-49-47-45-43-41-19-17-15-13-11-9-7-2/h8,10,14,16,20-21,23-24,26-27,29-30,32-33,57H,6-7,9,11-13,15,17-19,22,25,28,31,34-56H2,1-5H3/b10-8-,16-14-,21-20-,24-23-,27-26-,30-29-,33-32-. The number of ether oxygens (including phenoxy) is 2. The zero-order valence-corrected chi connectivity index (χ0v) is 45.9. The third-order valence-corrected chi connectivity index (χ3v) is 12.6. The molecule has 0 N–H and O–H groups in total. The van der Waals surface area contributed by atoms with Gasteiger partial charge in [0.15, 0.2) is 6.10 Å². The Balaban J connectivity index is 4.10. The first-order valence-corrected chi connectivity index (χ1v) is 29.3. The maximum absolute atomic E-state index is 12.8. The Kier molecular flexibility index (Phi) is 48.1. The summed E-state index contributed by atoms with van der Waals surface area (Å²) >= 11 is 0. The van der Waals surface area contributed by atoms with Crippen molar-refractivity contribution in [2.45, 2.75) is 232 Å². The van der Waals surface area contributed by atoms with Gasteiger partial charge in [0.05, 0.1) is 27.7 Å². The Labute approximate surface area is 424 Å². The van der Waals surface area contributed by atoms with Crippen molar-refractivity contribution in [3.8, 4) is 0 Å². The van der Waals surface area contributed by atoms with Gasteiger partial charge in [-0.1, -0.05) is 227 Å². The number of unbranched alkanes of at least 4 members (excludes halogenated alkanes) is 22. The number of esters is 2. The fourth-order valence-electron chi connectivity index (χ4n) is 7.40. The van der Waals surface area contributed by atoms with Crippen molar-refractivity contribution < 1.29 is 42.1 Å². The molecule has 0 aromatic carbocycles. The lowest BCUT2D eigenvalue weighted by Crippen LogP contribution is -2.37. The summed E-state index contributed by atoms with van der Waals surface area (Å²) in [6.07, 6.45) is 66.3. The predicted molar refractivity (Wildman–Crippen MR) is 291 cm³/mol. The van der Waals surface area contributed by atoms with Crippen molar-refractivity contribution in [2.75, 3.05) is 47.5 Å². The molecular weight excluding hydrogens is 882 g/mol. The van der Waals surface area contributed by atoms with Crippen molar-refractivity contribution >= 4 is 19.8 Å². The highest BCUT2D eigenvalue weighted by Crippen LogP contribution is 2.38. The zero-order chi connectivity index (χ0) is 50.6. The molecule has 2 atom stereocenters. The summed E-state index contributed by atoms with van der Waals surface area (Å²) in [5.41, 5.74) is 0. The minimum Gasteiger partial charge on any atom is -0.756 e. The van der Waals surface area contributed by atoms with Crippen LogP contribution in [-0.4, -0.2) is 70.0 Å².